The van der Waals surface area contributed by atoms with Gasteiger partial charge in [-0.3, -0.25) is 0 Å². The molecule has 2 aromatic carbocycles. The first-order valence-electron chi connectivity index (χ1n) is 6.17. The Kier molecular flexibility index (Phi) is 3.43. The summed E-state index contributed by atoms with van der Waals surface area (Å²) in [6.45, 7) is 0. The maximum absolute atomic E-state index is 14.0. The predicted molar refractivity (Wildman–Crippen MR) is 72.6 cm³/mol. The highest BCUT2D eigenvalue weighted by Gasteiger charge is 2.34. The van der Waals surface area contributed by atoms with Gasteiger partial charge >= 0.3 is 6.18 Å². The third-order valence-electron chi connectivity index (χ3n) is 3.39. The van der Waals surface area contributed by atoms with Gasteiger partial charge in [-0.15, -0.1) is 0 Å². The van der Waals surface area contributed by atoms with Crippen molar-refractivity contribution in [1.82, 2.24) is 0 Å². The SMILES string of the molecule is Fc1c(Br)cccc1C1Cc2cc(C(F)(F)F)ccc2O1. The third kappa shape index (κ3) is 2.64. The summed E-state index contributed by atoms with van der Waals surface area (Å²) in [6.07, 6.45) is -4.79. The van der Waals surface area contributed by atoms with Gasteiger partial charge in [0.05, 0.1) is 10.0 Å². The van der Waals surface area contributed by atoms with E-state index in [9.17, 15) is 17.6 Å². The molecule has 3 rings (SSSR count). The molecule has 0 saturated carbocycles. The fourth-order valence-corrected chi connectivity index (χ4v) is 2.75. The van der Waals surface area contributed by atoms with Crippen molar-refractivity contribution >= 4 is 15.9 Å². The predicted octanol–water partition coefficient (Wildman–Crippen LogP) is 5.28. The van der Waals surface area contributed by atoms with Crippen LogP contribution in [0.4, 0.5) is 17.6 Å². The zero-order chi connectivity index (χ0) is 15.2. The van der Waals surface area contributed by atoms with E-state index < -0.39 is 23.7 Å². The van der Waals surface area contributed by atoms with Crippen LogP contribution in [0.2, 0.25) is 0 Å². The molecule has 0 radical (unpaired) electrons. The van der Waals surface area contributed by atoms with Crippen molar-refractivity contribution in [3.63, 3.8) is 0 Å². The average molecular weight is 361 g/mol. The zero-order valence-corrected chi connectivity index (χ0v) is 12.1. The van der Waals surface area contributed by atoms with Gasteiger partial charge in [0.15, 0.2) is 0 Å². The average Bonchev–Trinajstić information content (AvgIpc) is 2.83. The quantitative estimate of drug-likeness (QED) is 0.628. The van der Waals surface area contributed by atoms with Crippen LogP contribution in [0.3, 0.4) is 0 Å². The van der Waals surface area contributed by atoms with E-state index in [1.165, 1.54) is 6.07 Å². The topological polar surface area (TPSA) is 9.23 Å². The summed E-state index contributed by atoms with van der Waals surface area (Å²) in [6, 6.07) is 8.11. The molecule has 0 saturated heterocycles. The van der Waals surface area contributed by atoms with E-state index >= 15 is 0 Å². The van der Waals surface area contributed by atoms with E-state index in [2.05, 4.69) is 15.9 Å². The summed E-state index contributed by atoms with van der Waals surface area (Å²) >= 11 is 3.09. The molecule has 1 aliphatic rings. The molecule has 1 heterocycles. The van der Waals surface area contributed by atoms with Crippen molar-refractivity contribution in [3.05, 3.63) is 63.4 Å². The summed E-state index contributed by atoms with van der Waals surface area (Å²) in [5.74, 6) is -0.0845. The number of ether oxygens (including phenoxy) is 1. The minimum atomic E-state index is -4.39. The molecule has 0 aromatic heterocycles. The van der Waals surface area contributed by atoms with Gasteiger partial charge < -0.3 is 4.74 Å². The number of fused-ring (bicyclic) bond motifs is 1. The summed E-state index contributed by atoms with van der Waals surface area (Å²) in [5.41, 5.74) is 0.0450. The van der Waals surface area contributed by atoms with E-state index in [1.54, 1.807) is 18.2 Å². The van der Waals surface area contributed by atoms with Crippen LogP contribution in [0.5, 0.6) is 5.75 Å². The highest BCUT2D eigenvalue weighted by Crippen LogP contribution is 2.41. The smallest absolute Gasteiger partial charge is 0.416 e. The Labute approximate surface area is 126 Å². The van der Waals surface area contributed by atoms with Crippen LogP contribution in [0.1, 0.15) is 22.8 Å². The number of rotatable bonds is 1. The van der Waals surface area contributed by atoms with Gasteiger partial charge in [0.2, 0.25) is 0 Å². The fourth-order valence-electron chi connectivity index (χ4n) is 2.37. The van der Waals surface area contributed by atoms with E-state index in [0.29, 0.717) is 21.3 Å². The summed E-state index contributed by atoms with van der Waals surface area (Å²) in [5, 5.41) is 0. The molecular weight excluding hydrogens is 352 g/mol. The van der Waals surface area contributed by atoms with Gasteiger partial charge in [-0.25, -0.2) is 4.39 Å². The Bertz CT molecular complexity index is 697. The van der Waals surface area contributed by atoms with Crippen molar-refractivity contribution in [3.8, 4) is 5.75 Å². The Balaban J connectivity index is 1.93. The van der Waals surface area contributed by atoms with Gasteiger partial charge in [-0.05, 0) is 45.8 Å². The Morgan fingerprint density at radius 1 is 1.14 bits per heavy atom. The molecule has 0 N–H and O–H groups in total. The molecule has 0 fully saturated rings. The number of hydrogen-bond acceptors (Lipinski definition) is 1. The second-order valence-corrected chi connectivity index (χ2v) is 5.63. The molecule has 0 spiro atoms. The van der Waals surface area contributed by atoms with Crippen molar-refractivity contribution in [1.29, 1.82) is 0 Å². The van der Waals surface area contributed by atoms with Crippen molar-refractivity contribution in [2.24, 2.45) is 0 Å². The maximum atomic E-state index is 14.0. The monoisotopic (exact) mass is 360 g/mol. The molecular formula is C15H9BrF4O. The van der Waals surface area contributed by atoms with E-state index in [0.717, 1.165) is 12.1 Å². The van der Waals surface area contributed by atoms with Gasteiger partial charge in [0, 0.05) is 12.0 Å². The molecule has 0 amide bonds. The summed E-state index contributed by atoms with van der Waals surface area (Å²) < 4.78 is 58.0. The Hall–Kier alpha value is -1.56. The van der Waals surface area contributed by atoms with Crippen molar-refractivity contribution < 1.29 is 22.3 Å². The molecule has 6 heteroatoms. The third-order valence-corrected chi connectivity index (χ3v) is 4.00. The number of benzene rings is 2. The Morgan fingerprint density at radius 3 is 2.62 bits per heavy atom. The van der Waals surface area contributed by atoms with Crippen LogP contribution >= 0.6 is 15.9 Å². The first-order chi connectivity index (χ1) is 9.86. The molecule has 1 aliphatic heterocycles. The zero-order valence-electron chi connectivity index (χ0n) is 10.5. The lowest BCUT2D eigenvalue weighted by atomic mass is 10.0. The van der Waals surface area contributed by atoms with Crippen LogP contribution in [-0.4, -0.2) is 0 Å². The molecule has 2 aromatic rings. The highest BCUT2D eigenvalue weighted by atomic mass is 79.9. The van der Waals surface area contributed by atoms with E-state index in [1.807, 2.05) is 0 Å². The molecule has 0 aliphatic carbocycles. The first kappa shape index (κ1) is 14.4. The normalized spacial score (nSPS) is 17.5. The van der Waals surface area contributed by atoms with Gasteiger partial charge in [0.1, 0.15) is 17.7 Å². The fraction of sp³-hybridized carbons (Fsp3) is 0.200. The largest absolute Gasteiger partial charge is 0.485 e. The van der Waals surface area contributed by atoms with Gasteiger partial charge in [-0.2, -0.15) is 13.2 Å². The summed E-state index contributed by atoms with van der Waals surface area (Å²) in [4.78, 5) is 0. The first-order valence-corrected chi connectivity index (χ1v) is 6.96. The van der Waals surface area contributed by atoms with Crippen LogP contribution in [0, 0.1) is 5.82 Å². The van der Waals surface area contributed by atoms with Gasteiger partial charge in [-0.1, -0.05) is 12.1 Å². The van der Waals surface area contributed by atoms with Crippen LogP contribution in [0.15, 0.2) is 40.9 Å². The number of hydrogen-bond donors (Lipinski definition) is 0. The minimum absolute atomic E-state index is 0.215. The van der Waals surface area contributed by atoms with E-state index in [4.69, 9.17) is 4.74 Å². The second kappa shape index (κ2) is 5.02. The minimum Gasteiger partial charge on any atom is -0.485 e. The lowest BCUT2D eigenvalue weighted by Gasteiger charge is -2.12. The standard InChI is InChI=1S/C15H9BrF4O/c16-11-3-1-2-10(14(11)17)13-7-8-6-9(15(18,19)20)4-5-12(8)21-13/h1-6,13H,7H2. The van der Waals surface area contributed by atoms with E-state index in [-0.39, 0.29) is 6.42 Å². The second-order valence-electron chi connectivity index (χ2n) is 4.77. The highest BCUT2D eigenvalue weighted by molar-refractivity contribution is 9.10. The Morgan fingerprint density at radius 2 is 1.90 bits per heavy atom. The maximum Gasteiger partial charge on any atom is 0.416 e. The molecule has 110 valence electrons. The van der Waals surface area contributed by atoms with Crippen molar-refractivity contribution in [2.45, 2.75) is 18.7 Å². The molecule has 0 bridgehead atoms. The molecule has 1 atom stereocenters. The molecule has 21 heavy (non-hydrogen) atoms. The lowest BCUT2D eigenvalue weighted by molar-refractivity contribution is -0.137. The van der Waals surface area contributed by atoms with Crippen molar-refractivity contribution in [2.75, 3.05) is 0 Å². The molecule has 1 unspecified atom stereocenters. The number of halogens is 5. The lowest BCUT2D eigenvalue weighted by Crippen LogP contribution is -2.06. The van der Waals surface area contributed by atoms with Gasteiger partial charge in [0.25, 0.3) is 0 Å². The summed E-state index contributed by atoms with van der Waals surface area (Å²) in [7, 11) is 0. The van der Waals surface area contributed by atoms with Crippen LogP contribution in [0.25, 0.3) is 0 Å². The number of alkyl halides is 3. The molecule has 1 nitrogen and oxygen atoms in total. The van der Waals surface area contributed by atoms with Crippen LogP contribution < -0.4 is 4.74 Å². The van der Waals surface area contributed by atoms with Crippen LogP contribution in [-0.2, 0) is 12.6 Å².